The number of hydrogen-bond acceptors (Lipinski definition) is 6. The molecule has 88 heavy (non-hydrogen) atoms. The summed E-state index contributed by atoms with van der Waals surface area (Å²) < 4.78 is 727. The molecule has 9 nitrogen and oxygen atoms in total. The van der Waals surface area contributed by atoms with Crippen molar-refractivity contribution in [2.75, 3.05) is 0 Å². The Morgan fingerprint density at radius 3 is 0.284 bits per heavy atom. The first-order valence-corrected chi connectivity index (χ1v) is 21.4. The average molecular weight is 1640 g/mol. The van der Waals surface area contributed by atoms with Crippen LogP contribution >= 0.6 is 0 Å². The van der Waals surface area contributed by atoms with Gasteiger partial charge in [-0.05, 0) is 0 Å². The molecule has 0 aliphatic rings. The van der Waals surface area contributed by atoms with E-state index in [1.807, 2.05) is 0 Å². The quantitative estimate of drug-likeness (QED) is 0.0750. The Kier molecular flexibility index (Phi) is 24.1. The van der Waals surface area contributed by atoms with Gasteiger partial charge >= 0.3 is 171 Å². The molecule has 0 amide bonds. The zero-order valence-electron chi connectivity index (χ0n) is 36.9. The Labute approximate surface area is 469 Å². The van der Waals surface area contributed by atoms with Crippen LogP contribution in [-0.4, -0.2) is 180 Å². The minimum absolute atomic E-state index is 0. The average Bonchev–Trinajstić information content (AvgIpc) is 3.23. The summed E-state index contributed by atoms with van der Waals surface area (Å²) in [6.07, 6.45) is -23.6. The molecule has 3 N–H and O–H groups in total. The van der Waals surface area contributed by atoms with Crippen LogP contribution in [-0.2, 0) is 30.4 Å². The van der Waals surface area contributed by atoms with Crippen LogP contribution < -0.4 is 0 Å². The summed E-state index contributed by atoms with van der Waals surface area (Å²) in [6, 6.07) is 0. The van der Waals surface area contributed by atoms with Gasteiger partial charge in [0.25, 0.3) is 0 Å². The molecule has 531 valence electrons. The van der Waals surface area contributed by atoms with E-state index in [1.165, 1.54) is 0 Å². The van der Waals surface area contributed by atoms with Gasteiger partial charge in [-0.1, -0.05) is 0 Å². The van der Waals surface area contributed by atoms with Crippen molar-refractivity contribution in [2.24, 2.45) is 0 Å². The van der Waals surface area contributed by atoms with Gasteiger partial charge in [0.1, 0.15) is 0 Å². The van der Waals surface area contributed by atoms with Crippen molar-refractivity contribution in [2.45, 2.75) is 141 Å². The molecule has 0 unspecified atom stereocenters. The molecule has 0 aromatic heterocycles. The van der Waals surface area contributed by atoms with Crippen LogP contribution in [0.25, 0.3) is 0 Å². The molecule has 0 aliphatic carbocycles. The summed E-state index contributed by atoms with van der Waals surface area (Å²) in [5.74, 6) is -156. The van der Waals surface area contributed by atoms with Crippen LogP contribution in [0.2, 0.25) is 0 Å². The van der Waals surface area contributed by atoms with Gasteiger partial charge in [-0.15, -0.1) is 0 Å². The fraction of sp³-hybridized carbons (Fsp3) is 1.00. The van der Waals surface area contributed by atoms with E-state index in [-0.39, 0.29) is 35.6 Å². The molecule has 0 atom stereocenters. The molecule has 0 spiro atoms. The van der Waals surface area contributed by atoms with E-state index in [0.29, 0.717) is 0 Å². The molecule has 0 fully saturated rings. The zero-order chi connectivity index (χ0) is 73.5. The summed E-state index contributed by atoms with van der Waals surface area (Å²) in [6.45, 7) is 0. The minimum Gasteiger partial charge on any atom is -0.281 e. The molecule has 1 radical (unpaired) electrons. The SMILES string of the molecule is O=S(=O)(O)C(F)(F)C(F)(F)C(F)(F)C(F)(F)C(F)(F)C(F)(F)C(F)(F)C(F)(F)F.O=S(=O)(O)C(F)(F)C(F)(F)C(F)(F)C(F)(F)C(F)(F)C(F)(F)C(F)(F)C(F)(F)F.O=S(=O)(O)C(F)(F)C(F)(F)C(F)(F)C(F)(F)C(F)(F)C(F)(F)C(F)(F)C(F)(F)F.[La]. The van der Waals surface area contributed by atoms with Gasteiger partial charge in [-0.25, -0.2) is 0 Å². The topological polar surface area (TPSA) is 163 Å². The maximum absolute atomic E-state index is 13.0. The van der Waals surface area contributed by atoms with Gasteiger partial charge in [0, 0.05) is 35.6 Å². The van der Waals surface area contributed by atoms with Gasteiger partial charge < -0.3 is 0 Å². The second-order valence-electron chi connectivity index (χ2n) is 14.8. The minimum atomic E-state index is -8.89. The van der Waals surface area contributed by atoms with E-state index >= 15 is 0 Å². The molecule has 0 aromatic rings. The first-order valence-electron chi connectivity index (χ1n) is 17.0. The Morgan fingerprint density at radius 2 is 0.216 bits per heavy atom. The molecule has 64 heteroatoms. The van der Waals surface area contributed by atoms with E-state index in [4.69, 9.17) is 13.7 Å². The monoisotopic (exact) mass is 1640 g/mol. The molecule has 0 aromatic carbocycles. The first kappa shape index (κ1) is 91.8. The van der Waals surface area contributed by atoms with Crippen molar-refractivity contribution in [3.63, 3.8) is 0 Å². The molecule has 0 heterocycles. The number of hydrogen-bond donors (Lipinski definition) is 3. The largest absolute Gasteiger partial charge is 0.460 e. The van der Waals surface area contributed by atoms with Crippen molar-refractivity contribution < 1.29 is 298 Å². The molecular formula is C24H3F51LaO9S3. The van der Waals surface area contributed by atoms with Gasteiger partial charge in [0.05, 0.1) is 0 Å². The van der Waals surface area contributed by atoms with Crippen molar-refractivity contribution in [1.82, 2.24) is 0 Å². The predicted molar refractivity (Wildman–Crippen MR) is 157 cm³/mol. The summed E-state index contributed by atoms with van der Waals surface area (Å²) in [5.41, 5.74) is 0. The number of rotatable bonds is 21. The molecule has 0 aliphatic heterocycles. The van der Waals surface area contributed by atoms with Crippen LogP contribution in [0.15, 0.2) is 0 Å². The van der Waals surface area contributed by atoms with E-state index in [1.54, 1.807) is 0 Å². The van der Waals surface area contributed by atoms with Crippen molar-refractivity contribution >= 4 is 30.4 Å². The Hall–Kier alpha value is -2.65. The smallest absolute Gasteiger partial charge is 0.281 e. The molecule has 0 bridgehead atoms. The normalized spacial score (nSPS) is 16.7. The summed E-state index contributed by atoms with van der Waals surface area (Å²) >= 11 is 0. The Bertz CT molecular complexity index is 2500. The third kappa shape index (κ3) is 12.4. The maximum atomic E-state index is 13.0. The predicted octanol–water partition coefficient (Wildman–Crippen LogP) is 14.5. The third-order valence-corrected chi connectivity index (χ3v) is 11.8. The number of halogens is 51. The Balaban J connectivity index is -0.000000598. The fourth-order valence-corrected chi connectivity index (χ4v) is 5.29. The van der Waals surface area contributed by atoms with Crippen LogP contribution in [0, 0.1) is 35.6 Å². The van der Waals surface area contributed by atoms with Crippen LogP contribution in [0.1, 0.15) is 0 Å². The van der Waals surface area contributed by atoms with Crippen molar-refractivity contribution in [3.05, 3.63) is 0 Å². The van der Waals surface area contributed by atoms with Gasteiger partial charge in [-0.2, -0.15) is 249 Å². The van der Waals surface area contributed by atoms with Gasteiger partial charge in [0.15, 0.2) is 0 Å². The van der Waals surface area contributed by atoms with Gasteiger partial charge in [-0.3, -0.25) is 13.7 Å². The van der Waals surface area contributed by atoms with Gasteiger partial charge in [0.2, 0.25) is 0 Å². The Morgan fingerprint density at radius 1 is 0.148 bits per heavy atom. The van der Waals surface area contributed by atoms with Crippen molar-refractivity contribution in [1.29, 1.82) is 0 Å². The summed E-state index contributed by atoms with van der Waals surface area (Å²) in [4.78, 5) is 0. The van der Waals surface area contributed by atoms with E-state index in [0.717, 1.165) is 0 Å². The molecular weight excluding hydrogens is 1640 g/mol. The van der Waals surface area contributed by atoms with E-state index in [2.05, 4.69) is 0 Å². The summed E-state index contributed by atoms with van der Waals surface area (Å²) in [5, 5.41) is -23.5. The van der Waals surface area contributed by atoms with E-state index in [9.17, 15) is 249 Å². The number of alkyl halides is 51. The summed E-state index contributed by atoms with van der Waals surface area (Å²) in [7, 11) is -23.7. The van der Waals surface area contributed by atoms with Crippen LogP contribution in [0.3, 0.4) is 0 Å². The molecule has 0 saturated heterocycles. The first-order chi connectivity index (χ1) is 36.0. The third-order valence-electron chi connectivity index (χ3n) is 9.05. The second kappa shape index (κ2) is 23.1. The van der Waals surface area contributed by atoms with Crippen molar-refractivity contribution in [3.8, 4) is 0 Å². The van der Waals surface area contributed by atoms with E-state index < -0.39 is 171 Å². The molecule has 0 saturated carbocycles. The standard InChI is InChI=1S/3C8HF17O3S.La/c3*9-1(10,3(13,14)5(17,18)7(21,22)23)2(11,12)4(15,16)6(19,20)8(24,25)29(26,27)28;/h3*(H,26,27,28);. The zero-order valence-corrected chi connectivity index (χ0v) is 42.9. The fourth-order valence-electron chi connectivity index (χ4n) is 3.93. The van der Waals surface area contributed by atoms with Crippen LogP contribution in [0.4, 0.5) is 224 Å². The maximum Gasteiger partial charge on any atom is 0.460 e. The van der Waals surface area contributed by atoms with Crippen LogP contribution in [0.5, 0.6) is 0 Å². The molecule has 0 rings (SSSR count). The second-order valence-corrected chi connectivity index (χ2v) is 19.2.